The van der Waals surface area contributed by atoms with Crippen LogP contribution in [0.2, 0.25) is 0 Å². The highest BCUT2D eigenvalue weighted by molar-refractivity contribution is 9.10. The highest BCUT2D eigenvalue weighted by atomic mass is 79.9. The number of likely N-dealkylation sites (N-methyl/N-ethyl adjacent to an activating group) is 1. The molecule has 0 aromatic heterocycles. The highest BCUT2D eigenvalue weighted by Gasteiger charge is 2.01. The molecule has 1 rings (SSSR count). The summed E-state index contributed by atoms with van der Waals surface area (Å²) in [6.45, 7) is 0.249. The van der Waals surface area contributed by atoms with Gasteiger partial charge in [0.1, 0.15) is 0 Å². The van der Waals surface area contributed by atoms with Crippen LogP contribution in [0.25, 0.3) is 0 Å². The van der Waals surface area contributed by atoms with Crippen molar-refractivity contribution in [1.82, 2.24) is 5.32 Å². The molecular formula is C9H12BrN3O. The monoisotopic (exact) mass is 257 g/mol. The minimum Gasteiger partial charge on any atom is -0.399 e. The van der Waals surface area contributed by atoms with Crippen LogP contribution in [-0.4, -0.2) is 19.5 Å². The molecule has 4 nitrogen and oxygen atoms in total. The van der Waals surface area contributed by atoms with Crippen molar-refractivity contribution in [2.24, 2.45) is 0 Å². The molecule has 0 aliphatic rings. The number of hydrogen-bond acceptors (Lipinski definition) is 3. The molecule has 0 radical (unpaired) electrons. The molecule has 1 aromatic rings. The third-order valence-corrected chi connectivity index (χ3v) is 2.37. The van der Waals surface area contributed by atoms with Crippen LogP contribution in [0.5, 0.6) is 0 Å². The molecule has 76 valence electrons. The van der Waals surface area contributed by atoms with E-state index < -0.39 is 0 Å². The number of anilines is 2. The molecule has 0 fully saturated rings. The van der Waals surface area contributed by atoms with E-state index in [-0.39, 0.29) is 12.5 Å². The van der Waals surface area contributed by atoms with Crippen molar-refractivity contribution in [3.8, 4) is 0 Å². The van der Waals surface area contributed by atoms with E-state index in [9.17, 15) is 4.79 Å². The predicted octanol–water partition coefficient (Wildman–Crippen LogP) is 1.19. The number of halogens is 1. The molecule has 5 heteroatoms. The zero-order valence-corrected chi connectivity index (χ0v) is 9.39. The fourth-order valence-corrected chi connectivity index (χ4v) is 1.48. The van der Waals surface area contributed by atoms with Gasteiger partial charge in [-0.3, -0.25) is 4.79 Å². The van der Waals surface area contributed by atoms with Crippen molar-refractivity contribution in [1.29, 1.82) is 0 Å². The number of nitrogens with two attached hydrogens (primary N) is 1. The number of nitrogen functional groups attached to an aromatic ring is 1. The zero-order chi connectivity index (χ0) is 10.6. The Morgan fingerprint density at radius 1 is 1.57 bits per heavy atom. The van der Waals surface area contributed by atoms with Crippen LogP contribution in [0.1, 0.15) is 0 Å². The second kappa shape index (κ2) is 4.85. The molecule has 0 atom stereocenters. The molecule has 0 heterocycles. The second-order valence-corrected chi connectivity index (χ2v) is 3.62. The van der Waals surface area contributed by atoms with Gasteiger partial charge in [0.15, 0.2) is 0 Å². The fourth-order valence-electron chi connectivity index (χ4n) is 0.939. The summed E-state index contributed by atoms with van der Waals surface area (Å²) in [6, 6.07) is 5.38. The molecule has 4 N–H and O–H groups in total. The number of nitrogens with one attached hydrogen (secondary N) is 2. The van der Waals surface area contributed by atoms with Gasteiger partial charge in [-0.25, -0.2) is 0 Å². The summed E-state index contributed by atoms with van der Waals surface area (Å²) in [5, 5.41) is 5.50. The first-order valence-electron chi connectivity index (χ1n) is 4.13. The Balaban J connectivity index is 2.63. The van der Waals surface area contributed by atoms with Crippen molar-refractivity contribution in [3.63, 3.8) is 0 Å². The van der Waals surface area contributed by atoms with Gasteiger partial charge in [0.05, 0.1) is 6.54 Å². The molecule has 0 saturated heterocycles. The molecule has 0 aliphatic heterocycles. The van der Waals surface area contributed by atoms with Gasteiger partial charge in [-0.2, -0.15) is 0 Å². The van der Waals surface area contributed by atoms with Gasteiger partial charge < -0.3 is 16.4 Å². The van der Waals surface area contributed by atoms with Crippen LogP contribution in [-0.2, 0) is 4.79 Å². The topological polar surface area (TPSA) is 67.2 Å². The summed E-state index contributed by atoms with van der Waals surface area (Å²) in [6.07, 6.45) is 0. The summed E-state index contributed by atoms with van der Waals surface area (Å²) < 4.78 is 0.849. The van der Waals surface area contributed by atoms with Crippen molar-refractivity contribution < 1.29 is 4.79 Å². The first-order chi connectivity index (χ1) is 6.63. The molecule has 0 aliphatic carbocycles. The molecule has 0 saturated carbocycles. The third-order valence-electron chi connectivity index (χ3n) is 1.71. The zero-order valence-electron chi connectivity index (χ0n) is 7.80. The average molecular weight is 258 g/mol. The van der Waals surface area contributed by atoms with Crippen molar-refractivity contribution in [2.75, 3.05) is 24.6 Å². The van der Waals surface area contributed by atoms with Gasteiger partial charge in [0.25, 0.3) is 0 Å². The van der Waals surface area contributed by atoms with Gasteiger partial charge in [0.2, 0.25) is 5.91 Å². The van der Waals surface area contributed by atoms with Crippen LogP contribution >= 0.6 is 15.9 Å². The van der Waals surface area contributed by atoms with E-state index in [2.05, 4.69) is 26.6 Å². The van der Waals surface area contributed by atoms with Gasteiger partial charge >= 0.3 is 0 Å². The van der Waals surface area contributed by atoms with Crippen LogP contribution < -0.4 is 16.4 Å². The number of rotatable bonds is 3. The Hall–Kier alpha value is -1.23. The quantitative estimate of drug-likeness (QED) is 0.713. The second-order valence-electron chi connectivity index (χ2n) is 2.77. The van der Waals surface area contributed by atoms with E-state index in [1.165, 1.54) is 0 Å². The van der Waals surface area contributed by atoms with E-state index in [0.29, 0.717) is 5.69 Å². The lowest BCUT2D eigenvalue weighted by Gasteiger charge is -2.07. The third kappa shape index (κ3) is 2.92. The Labute approximate surface area is 91.0 Å². The molecule has 1 amide bonds. The summed E-state index contributed by atoms with van der Waals surface area (Å²) >= 11 is 3.34. The van der Waals surface area contributed by atoms with Crippen molar-refractivity contribution in [3.05, 3.63) is 22.7 Å². The largest absolute Gasteiger partial charge is 0.399 e. The maximum atomic E-state index is 10.9. The number of hydrogen-bond donors (Lipinski definition) is 3. The maximum absolute atomic E-state index is 10.9. The predicted molar refractivity (Wildman–Crippen MR) is 61.1 cm³/mol. The average Bonchev–Trinajstić information content (AvgIpc) is 2.16. The van der Waals surface area contributed by atoms with Crippen LogP contribution in [0.15, 0.2) is 22.7 Å². The standard InChI is InChI=1S/C9H12BrN3O/c1-12-9(14)5-13-8-3-2-6(11)4-7(8)10/h2-4,13H,5,11H2,1H3,(H,12,14). The molecule has 1 aromatic carbocycles. The number of carbonyl (C=O) groups is 1. The molecule has 0 spiro atoms. The van der Waals surface area contributed by atoms with Gasteiger partial charge in [0, 0.05) is 22.9 Å². The lowest BCUT2D eigenvalue weighted by atomic mass is 10.3. The molecular weight excluding hydrogens is 246 g/mol. The van der Waals surface area contributed by atoms with Gasteiger partial charge in [-0.15, -0.1) is 0 Å². The Bertz CT molecular complexity index is 341. The van der Waals surface area contributed by atoms with Crippen LogP contribution in [0.3, 0.4) is 0 Å². The van der Waals surface area contributed by atoms with E-state index in [1.807, 2.05) is 6.07 Å². The first-order valence-corrected chi connectivity index (χ1v) is 4.92. The van der Waals surface area contributed by atoms with Crippen LogP contribution in [0, 0.1) is 0 Å². The highest BCUT2D eigenvalue weighted by Crippen LogP contribution is 2.24. The number of benzene rings is 1. The lowest BCUT2D eigenvalue weighted by molar-refractivity contribution is -0.118. The van der Waals surface area contributed by atoms with E-state index in [4.69, 9.17) is 5.73 Å². The van der Waals surface area contributed by atoms with Crippen molar-refractivity contribution in [2.45, 2.75) is 0 Å². The smallest absolute Gasteiger partial charge is 0.239 e. The van der Waals surface area contributed by atoms with Crippen LogP contribution in [0.4, 0.5) is 11.4 Å². The van der Waals surface area contributed by atoms with Crippen molar-refractivity contribution >= 4 is 33.2 Å². The fraction of sp³-hybridized carbons (Fsp3) is 0.222. The Morgan fingerprint density at radius 3 is 2.86 bits per heavy atom. The first kappa shape index (κ1) is 10.8. The van der Waals surface area contributed by atoms with E-state index in [1.54, 1.807) is 19.2 Å². The minimum atomic E-state index is -0.0614. The molecule has 0 bridgehead atoms. The Morgan fingerprint density at radius 2 is 2.29 bits per heavy atom. The number of amides is 1. The summed E-state index contributed by atoms with van der Waals surface area (Å²) in [4.78, 5) is 10.9. The summed E-state index contributed by atoms with van der Waals surface area (Å²) in [7, 11) is 1.60. The normalized spacial score (nSPS) is 9.57. The van der Waals surface area contributed by atoms with Gasteiger partial charge in [-0.1, -0.05) is 0 Å². The Kier molecular flexibility index (Phi) is 3.76. The molecule has 14 heavy (non-hydrogen) atoms. The summed E-state index contributed by atoms with van der Waals surface area (Å²) in [5.74, 6) is -0.0614. The SMILES string of the molecule is CNC(=O)CNc1ccc(N)cc1Br. The molecule has 0 unspecified atom stereocenters. The minimum absolute atomic E-state index is 0.0614. The summed E-state index contributed by atoms with van der Waals surface area (Å²) in [5.41, 5.74) is 7.11. The van der Waals surface area contributed by atoms with E-state index in [0.717, 1.165) is 10.2 Å². The van der Waals surface area contributed by atoms with Gasteiger partial charge in [-0.05, 0) is 34.1 Å². The lowest BCUT2D eigenvalue weighted by Crippen LogP contribution is -2.26. The maximum Gasteiger partial charge on any atom is 0.239 e. The number of carbonyl (C=O) groups excluding carboxylic acids is 1. The van der Waals surface area contributed by atoms with E-state index >= 15 is 0 Å².